The number of Topliss-reactive ketones (excluding diaryl/α,β-unsaturated/α-hetero) is 1. The first kappa shape index (κ1) is 16.5. The average molecular weight is 357 g/mol. The summed E-state index contributed by atoms with van der Waals surface area (Å²) in [5.74, 6) is 0.785. The number of aromatic nitrogens is 1. The molecule has 1 fully saturated rings. The number of fused-ring (bicyclic) bond motifs is 1. The highest BCUT2D eigenvalue weighted by Crippen LogP contribution is 2.34. The van der Waals surface area contributed by atoms with Crippen LogP contribution in [0.25, 0.3) is 0 Å². The molecule has 1 saturated carbocycles. The topological polar surface area (TPSA) is 62.3 Å². The zero-order valence-corrected chi connectivity index (χ0v) is 15.0. The van der Waals surface area contributed by atoms with Crippen molar-refractivity contribution in [2.45, 2.75) is 44.6 Å². The minimum absolute atomic E-state index is 0.00576. The zero-order chi connectivity index (χ0) is 17.2. The first-order chi connectivity index (χ1) is 12.2. The summed E-state index contributed by atoms with van der Waals surface area (Å²) < 4.78 is 0. The van der Waals surface area contributed by atoms with Crippen molar-refractivity contribution in [1.29, 1.82) is 0 Å². The first-order valence-corrected chi connectivity index (χ1v) is 9.96. The number of rotatable bonds is 5. The lowest BCUT2D eigenvalue weighted by Gasteiger charge is -2.29. The molecule has 2 unspecified atom stereocenters. The van der Waals surface area contributed by atoms with Crippen LogP contribution in [0.3, 0.4) is 0 Å². The lowest BCUT2D eigenvalue weighted by molar-refractivity contribution is -0.123. The van der Waals surface area contributed by atoms with E-state index in [9.17, 15) is 9.59 Å². The number of hydrogen-bond donors (Lipinski definition) is 1. The van der Waals surface area contributed by atoms with Gasteiger partial charge in [0.05, 0.1) is 5.92 Å². The van der Waals surface area contributed by atoms with Crippen LogP contribution in [0.5, 0.6) is 0 Å². The molecule has 0 spiro atoms. The maximum atomic E-state index is 13.0. The van der Waals surface area contributed by atoms with E-state index < -0.39 is 0 Å². The molecule has 1 amide bonds. The third kappa shape index (κ3) is 3.54. The van der Waals surface area contributed by atoms with Crippen molar-refractivity contribution < 1.29 is 9.59 Å². The molecule has 2 aliphatic carbocycles. The number of amides is 1. The van der Waals surface area contributed by atoms with Crippen LogP contribution in [0.1, 0.15) is 38.5 Å². The van der Waals surface area contributed by atoms with Crippen LogP contribution in [-0.4, -0.2) is 34.2 Å². The molecule has 4 rings (SSSR count). The highest BCUT2D eigenvalue weighted by molar-refractivity contribution is 7.13. The Kier molecular flexibility index (Phi) is 4.70. The van der Waals surface area contributed by atoms with Gasteiger partial charge in [0.15, 0.2) is 5.13 Å². The van der Waals surface area contributed by atoms with Gasteiger partial charge in [0, 0.05) is 30.7 Å². The van der Waals surface area contributed by atoms with Gasteiger partial charge in [0.2, 0.25) is 5.91 Å². The molecule has 132 valence electrons. The van der Waals surface area contributed by atoms with Crippen LogP contribution in [-0.2, 0) is 9.59 Å². The number of nitrogens with zero attached hydrogens (tertiary/aromatic N) is 2. The summed E-state index contributed by atoms with van der Waals surface area (Å²) in [5.41, 5.74) is 1.05. The molecule has 25 heavy (non-hydrogen) atoms. The second-order valence-corrected chi connectivity index (χ2v) is 8.07. The average Bonchev–Trinajstić information content (AvgIpc) is 3.34. The molecule has 1 aliphatic heterocycles. The molecular weight excluding hydrogens is 334 g/mol. The van der Waals surface area contributed by atoms with Gasteiger partial charge in [0.1, 0.15) is 11.8 Å². The fraction of sp³-hybridized carbons (Fsp3) is 0.526. The predicted molar refractivity (Wildman–Crippen MR) is 98.1 cm³/mol. The van der Waals surface area contributed by atoms with E-state index >= 15 is 0 Å². The predicted octanol–water partition coefficient (Wildman–Crippen LogP) is 3.38. The van der Waals surface area contributed by atoms with Crippen LogP contribution < -0.4 is 5.32 Å². The van der Waals surface area contributed by atoms with Crippen molar-refractivity contribution in [2.24, 2.45) is 11.8 Å². The normalized spacial score (nSPS) is 24.3. The Morgan fingerprint density at radius 1 is 1.40 bits per heavy atom. The summed E-state index contributed by atoms with van der Waals surface area (Å²) in [5, 5.41) is 5.46. The van der Waals surface area contributed by atoms with E-state index in [1.807, 2.05) is 23.7 Å². The third-order valence-electron chi connectivity index (χ3n) is 5.53. The molecular formula is C19H23N3O2S. The number of hydrogen-bond acceptors (Lipinski definition) is 5. The van der Waals surface area contributed by atoms with Gasteiger partial charge in [-0.1, -0.05) is 37.8 Å². The lowest BCUT2D eigenvalue weighted by atomic mass is 9.90. The quantitative estimate of drug-likeness (QED) is 0.877. The number of ketones is 1. The highest BCUT2D eigenvalue weighted by atomic mass is 32.1. The molecule has 0 radical (unpaired) electrons. The van der Waals surface area contributed by atoms with Crippen LogP contribution >= 0.6 is 11.3 Å². The lowest BCUT2D eigenvalue weighted by Crippen LogP contribution is -2.43. The molecule has 1 N–H and O–H groups in total. The van der Waals surface area contributed by atoms with Crippen molar-refractivity contribution >= 4 is 28.2 Å². The maximum Gasteiger partial charge on any atom is 0.248 e. The van der Waals surface area contributed by atoms with E-state index in [4.69, 9.17) is 0 Å². The van der Waals surface area contributed by atoms with Gasteiger partial charge >= 0.3 is 0 Å². The summed E-state index contributed by atoms with van der Waals surface area (Å²) in [4.78, 5) is 31.4. The van der Waals surface area contributed by atoms with Crippen LogP contribution in [0.2, 0.25) is 0 Å². The Bertz CT molecular complexity index is 704. The van der Waals surface area contributed by atoms with Gasteiger partial charge in [-0.2, -0.15) is 0 Å². The van der Waals surface area contributed by atoms with Crippen molar-refractivity contribution in [1.82, 2.24) is 9.88 Å². The maximum absolute atomic E-state index is 13.0. The molecule has 1 aromatic heterocycles. The van der Waals surface area contributed by atoms with Gasteiger partial charge in [-0.15, -0.1) is 11.3 Å². The smallest absolute Gasteiger partial charge is 0.248 e. The van der Waals surface area contributed by atoms with E-state index in [2.05, 4.69) is 15.2 Å². The van der Waals surface area contributed by atoms with E-state index in [0.29, 0.717) is 24.0 Å². The van der Waals surface area contributed by atoms with E-state index in [1.54, 1.807) is 6.20 Å². The molecule has 0 aromatic carbocycles. The summed E-state index contributed by atoms with van der Waals surface area (Å²) >= 11 is 1.43. The van der Waals surface area contributed by atoms with Gasteiger partial charge < -0.3 is 10.2 Å². The summed E-state index contributed by atoms with van der Waals surface area (Å²) in [7, 11) is 0. The third-order valence-corrected chi connectivity index (χ3v) is 6.21. The Morgan fingerprint density at radius 2 is 2.24 bits per heavy atom. The van der Waals surface area contributed by atoms with Crippen LogP contribution in [0, 0.1) is 11.8 Å². The van der Waals surface area contributed by atoms with Gasteiger partial charge in [0.25, 0.3) is 0 Å². The molecule has 5 nitrogen and oxygen atoms in total. The standard InChI is InChI=1S/C19H23N3O2S/c23-17-7-3-6-14-11-22(12-15(14)17)16(10-13-4-1-2-5-13)18(24)21-19-20-8-9-25-19/h3,6,8-9,11,13,15-16H,1-2,4-5,7,10,12H2,(H,20,21,24). The molecule has 0 bridgehead atoms. The SMILES string of the molecule is O=C1CC=CC2=CN(C(CC3CCCC3)C(=O)Nc3nccs3)CC12. The molecule has 3 aliphatic rings. The van der Waals surface area contributed by atoms with Gasteiger partial charge in [-0.05, 0) is 17.9 Å². The number of nitrogens with one attached hydrogen (secondary N) is 1. The first-order valence-electron chi connectivity index (χ1n) is 9.08. The van der Waals surface area contributed by atoms with Crippen LogP contribution in [0.15, 0.2) is 35.5 Å². The van der Waals surface area contributed by atoms with Crippen molar-refractivity contribution in [3.05, 3.63) is 35.5 Å². The number of anilines is 1. The molecule has 2 heterocycles. The number of carbonyl (C=O) groups is 2. The summed E-state index contributed by atoms with van der Waals surface area (Å²) in [6.45, 7) is 0.626. The Labute approximate surface area is 151 Å². The monoisotopic (exact) mass is 357 g/mol. The number of carbonyl (C=O) groups excluding carboxylic acids is 2. The summed E-state index contributed by atoms with van der Waals surface area (Å²) in [6, 6.07) is -0.230. The van der Waals surface area contributed by atoms with E-state index in [-0.39, 0.29) is 23.7 Å². The molecule has 6 heteroatoms. The van der Waals surface area contributed by atoms with Crippen LogP contribution in [0.4, 0.5) is 5.13 Å². The Balaban J connectivity index is 1.52. The van der Waals surface area contributed by atoms with Gasteiger partial charge in [-0.25, -0.2) is 4.98 Å². The Morgan fingerprint density at radius 3 is 2.96 bits per heavy atom. The fourth-order valence-corrected chi connectivity index (χ4v) is 4.73. The summed E-state index contributed by atoms with van der Waals surface area (Å²) in [6.07, 6.45) is 14.0. The minimum Gasteiger partial charge on any atom is -0.364 e. The van der Waals surface area contributed by atoms with Gasteiger partial charge in [-0.3, -0.25) is 9.59 Å². The second-order valence-electron chi connectivity index (χ2n) is 7.18. The van der Waals surface area contributed by atoms with E-state index in [0.717, 1.165) is 12.0 Å². The second kappa shape index (κ2) is 7.12. The molecule has 0 saturated heterocycles. The molecule has 2 atom stereocenters. The zero-order valence-electron chi connectivity index (χ0n) is 14.2. The Hall–Kier alpha value is -1.95. The highest BCUT2D eigenvalue weighted by Gasteiger charge is 2.37. The largest absolute Gasteiger partial charge is 0.364 e. The minimum atomic E-state index is -0.230. The van der Waals surface area contributed by atoms with Crippen molar-refractivity contribution in [2.75, 3.05) is 11.9 Å². The van der Waals surface area contributed by atoms with E-state index in [1.165, 1.54) is 37.0 Å². The van der Waals surface area contributed by atoms with Crippen molar-refractivity contribution in [3.63, 3.8) is 0 Å². The number of thiazole rings is 1. The molecule has 1 aromatic rings. The fourth-order valence-electron chi connectivity index (χ4n) is 4.20. The van der Waals surface area contributed by atoms with Crippen molar-refractivity contribution in [3.8, 4) is 0 Å². The number of allylic oxidation sites excluding steroid dienone is 2.